The van der Waals surface area contributed by atoms with E-state index in [0.717, 1.165) is 30.4 Å². The molecule has 0 saturated heterocycles. The van der Waals surface area contributed by atoms with Gasteiger partial charge in [-0.1, -0.05) is 0 Å². The van der Waals surface area contributed by atoms with E-state index in [1.807, 2.05) is 31.4 Å². The lowest BCUT2D eigenvalue weighted by atomic mass is 10.4. The number of nitrogens with zero attached hydrogens (tertiary/aromatic N) is 3. The van der Waals surface area contributed by atoms with Crippen LogP contribution in [0.25, 0.3) is 0 Å². The van der Waals surface area contributed by atoms with Gasteiger partial charge in [0, 0.05) is 25.9 Å². The largest absolute Gasteiger partial charge is 0.359 e. The van der Waals surface area contributed by atoms with Crippen molar-refractivity contribution >= 4 is 17.5 Å². The molecule has 0 saturated carbocycles. The van der Waals surface area contributed by atoms with Gasteiger partial charge < -0.3 is 20.9 Å². The number of hydrogen-bond donors (Lipinski definition) is 3. The molecule has 6 heteroatoms. The zero-order valence-electron chi connectivity index (χ0n) is 10.4. The summed E-state index contributed by atoms with van der Waals surface area (Å²) in [6, 6.07) is 5.79. The van der Waals surface area contributed by atoms with Crippen LogP contribution in [-0.4, -0.2) is 35.1 Å². The highest BCUT2D eigenvalue weighted by Crippen LogP contribution is 2.16. The Balaban J connectivity index is 2.05. The predicted molar refractivity (Wildman–Crippen MR) is 73.0 cm³/mol. The van der Waals surface area contributed by atoms with Crippen molar-refractivity contribution in [2.75, 3.05) is 30.4 Å². The first kappa shape index (κ1) is 12.4. The van der Waals surface area contributed by atoms with Gasteiger partial charge in [0.25, 0.3) is 0 Å². The summed E-state index contributed by atoms with van der Waals surface area (Å²) < 4.78 is 0. The Hall–Kier alpha value is -2.08. The van der Waals surface area contributed by atoms with Crippen LogP contribution in [0.2, 0.25) is 0 Å². The van der Waals surface area contributed by atoms with Crippen molar-refractivity contribution in [3.63, 3.8) is 0 Å². The quantitative estimate of drug-likeness (QED) is 0.716. The summed E-state index contributed by atoms with van der Waals surface area (Å²) in [6.07, 6.45) is 4.36. The van der Waals surface area contributed by atoms with E-state index < -0.39 is 0 Å². The number of rotatable bonds is 6. The summed E-state index contributed by atoms with van der Waals surface area (Å²) in [5, 5.41) is 3.18. The van der Waals surface area contributed by atoms with Crippen LogP contribution in [0.1, 0.15) is 6.42 Å². The van der Waals surface area contributed by atoms with E-state index in [-0.39, 0.29) is 0 Å². The van der Waals surface area contributed by atoms with Gasteiger partial charge >= 0.3 is 0 Å². The van der Waals surface area contributed by atoms with E-state index in [1.54, 1.807) is 6.33 Å². The van der Waals surface area contributed by atoms with Crippen LogP contribution < -0.4 is 16.0 Å². The third-order valence-electron chi connectivity index (χ3n) is 2.60. The fourth-order valence-electron chi connectivity index (χ4n) is 1.61. The lowest BCUT2D eigenvalue weighted by molar-refractivity contribution is 0.785. The van der Waals surface area contributed by atoms with Gasteiger partial charge in [0.15, 0.2) is 0 Å². The molecule has 0 fully saturated rings. The normalized spacial score (nSPS) is 10.3. The maximum atomic E-state index is 5.50. The minimum Gasteiger partial charge on any atom is -0.359 e. The molecule has 0 spiro atoms. The second-order valence-corrected chi connectivity index (χ2v) is 4.03. The Labute approximate surface area is 106 Å². The van der Waals surface area contributed by atoms with Gasteiger partial charge in [0.1, 0.15) is 23.8 Å². The highest BCUT2D eigenvalue weighted by atomic mass is 15.2. The highest BCUT2D eigenvalue weighted by molar-refractivity contribution is 5.56. The zero-order valence-corrected chi connectivity index (χ0v) is 10.4. The molecule has 0 bridgehead atoms. The average molecular weight is 246 g/mol. The molecule has 6 nitrogen and oxygen atoms in total. The van der Waals surface area contributed by atoms with Gasteiger partial charge in [-0.25, -0.2) is 9.97 Å². The third kappa shape index (κ3) is 3.21. The van der Waals surface area contributed by atoms with Gasteiger partial charge in [-0.05, 0) is 25.1 Å². The third-order valence-corrected chi connectivity index (χ3v) is 2.60. The van der Waals surface area contributed by atoms with E-state index in [2.05, 4.69) is 25.2 Å². The van der Waals surface area contributed by atoms with E-state index in [4.69, 9.17) is 5.73 Å². The molecular weight excluding hydrogens is 228 g/mol. The van der Waals surface area contributed by atoms with E-state index in [1.165, 1.54) is 0 Å². The van der Waals surface area contributed by atoms with Gasteiger partial charge in [-0.2, -0.15) is 0 Å². The zero-order chi connectivity index (χ0) is 12.8. The maximum Gasteiger partial charge on any atom is 0.136 e. The first-order valence-corrected chi connectivity index (χ1v) is 5.93. The summed E-state index contributed by atoms with van der Waals surface area (Å²) in [6.45, 7) is 1.57. The molecule has 0 amide bonds. The predicted octanol–water partition coefficient (Wildman–Crippen LogP) is 1.33. The minimum atomic E-state index is 0.684. The molecule has 0 aliphatic rings. The Morgan fingerprint density at radius 3 is 3.06 bits per heavy atom. The molecule has 96 valence electrons. The topological polar surface area (TPSA) is 82.9 Å². The van der Waals surface area contributed by atoms with Crippen molar-refractivity contribution in [1.82, 2.24) is 15.0 Å². The number of nitrogens with two attached hydrogens (primary N) is 1. The maximum absolute atomic E-state index is 5.50. The molecule has 0 atom stereocenters. The Bertz CT molecular complexity index is 467. The fraction of sp³-hybridized carbons (Fsp3) is 0.333. The average Bonchev–Trinajstić information content (AvgIpc) is 2.89. The number of nitrogens with one attached hydrogen (secondary N) is 2. The van der Waals surface area contributed by atoms with Crippen molar-refractivity contribution in [2.24, 2.45) is 5.73 Å². The molecule has 18 heavy (non-hydrogen) atoms. The fourth-order valence-corrected chi connectivity index (χ4v) is 1.61. The van der Waals surface area contributed by atoms with E-state index >= 15 is 0 Å². The second kappa shape index (κ2) is 6.02. The van der Waals surface area contributed by atoms with Gasteiger partial charge in [0.2, 0.25) is 0 Å². The Morgan fingerprint density at radius 1 is 1.44 bits per heavy atom. The lowest BCUT2D eigenvalue weighted by Gasteiger charge is -2.17. The summed E-state index contributed by atoms with van der Waals surface area (Å²) in [7, 11) is 2.00. The molecule has 4 N–H and O–H groups in total. The van der Waals surface area contributed by atoms with Gasteiger partial charge in [0.05, 0.1) is 0 Å². The van der Waals surface area contributed by atoms with Crippen LogP contribution in [0.3, 0.4) is 0 Å². The Kier molecular flexibility index (Phi) is 4.14. The van der Waals surface area contributed by atoms with Crippen LogP contribution >= 0.6 is 0 Å². The van der Waals surface area contributed by atoms with Crippen LogP contribution in [0.4, 0.5) is 17.5 Å². The molecule has 0 radical (unpaired) electrons. The van der Waals surface area contributed by atoms with Crippen LogP contribution in [-0.2, 0) is 0 Å². The molecule has 2 aromatic heterocycles. The highest BCUT2D eigenvalue weighted by Gasteiger charge is 2.04. The first-order chi connectivity index (χ1) is 8.79. The van der Waals surface area contributed by atoms with Crippen molar-refractivity contribution in [3.8, 4) is 0 Å². The summed E-state index contributed by atoms with van der Waals surface area (Å²) in [5.41, 5.74) is 5.50. The van der Waals surface area contributed by atoms with Crippen LogP contribution in [0, 0.1) is 0 Å². The lowest BCUT2D eigenvalue weighted by Crippen LogP contribution is -2.22. The van der Waals surface area contributed by atoms with Crippen LogP contribution in [0.15, 0.2) is 30.7 Å². The second-order valence-electron chi connectivity index (χ2n) is 4.03. The number of aromatic nitrogens is 3. The monoisotopic (exact) mass is 246 g/mol. The van der Waals surface area contributed by atoms with Crippen molar-refractivity contribution < 1.29 is 0 Å². The van der Waals surface area contributed by atoms with Gasteiger partial charge in [-0.15, -0.1) is 0 Å². The van der Waals surface area contributed by atoms with Crippen LogP contribution in [0.5, 0.6) is 0 Å². The summed E-state index contributed by atoms with van der Waals surface area (Å²) >= 11 is 0. The molecule has 0 unspecified atom stereocenters. The molecule has 0 aliphatic carbocycles. The summed E-state index contributed by atoms with van der Waals surface area (Å²) in [5.74, 6) is 2.55. The molecular formula is C12H18N6. The minimum absolute atomic E-state index is 0.684. The number of H-pyrrole nitrogens is 1. The smallest absolute Gasteiger partial charge is 0.136 e. The standard InChI is InChI=1S/C12H18N6/c1-18(7-3-5-13)12-8-11(15-9-16-12)17-10-4-2-6-14-10/h2,4,6,8-9,14H,3,5,7,13H2,1H3,(H,15,16,17). The number of anilines is 3. The molecule has 2 rings (SSSR count). The molecule has 2 aromatic rings. The molecule has 0 aliphatic heterocycles. The van der Waals surface area contributed by atoms with Crippen molar-refractivity contribution in [1.29, 1.82) is 0 Å². The first-order valence-electron chi connectivity index (χ1n) is 5.93. The molecule has 0 aromatic carbocycles. The van der Waals surface area contributed by atoms with E-state index in [9.17, 15) is 0 Å². The Morgan fingerprint density at radius 2 is 2.33 bits per heavy atom. The SMILES string of the molecule is CN(CCCN)c1cc(Nc2ccc[nH]2)ncn1. The van der Waals surface area contributed by atoms with E-state index in [0.29, 0.717) is 6.54 Å². The number of aromatic amines is 1. The van der Waals surface area contributed by atoms with Crippen molar-refractivity contribution in [2.45, 2.75) is 6.42 Å². The van der Waals surface area contributed by atoms with Crippen molar-refractivity contribution in [3.05, 3.63) is 30.7 Å². The van der Waals surface area contributed by atoms with Gasteiger partial charge in [-0.3, -0.25) is 0 Å². The summed E-state index contributed by atoms with van der Waals surface area (Å²) in [4.78, 5) is 13.6. The molecule has 2 heterocycles. The number of hydrogen-bond acceptors (Lipinski definition) is 5.